The molecule has 0 aliphatic carbocycles. The Bertz CT molecular complexity index is 1450. The molecular weight excluding hydrogens is 471 g/mol. The van der Waals surface area contributed by atoms with Gasteiger partial charge >= 0.3 is 0 Å². The minimum absolute atomic E-state index is 0.0418. The average molecular weight is 497 g/mol. The second-order valence-electron chi connectivity index (χ2n) is 8.04. The number of carbonyl (C=O) groups is 2. The van der Waals surface area contributed by atoms with Crippen LogP contribution in [0.4, 0.5) is 10.1 Å². The van der Waals surface area contributed by atoms with Crippen molar-refractivity contribution in [2.75, 3.05) is 11.1 Å². The zero-order valence-electron chi connectivity index (χ0n) is 19.3. The van der Waals surface area contributed by atoms with Crippen LogP contribution in [-0.2, 0) is 16.1 Å². The van der Waals surface area contributed by atoms with Crippen LogP contribution in [0.25, 0.3) is 16.7 Å². The molecule has 4 rings (SSSR count). The van der Waals surface area contributed by atoms with Crippen molar-refractivity contribution < 1.29 is 14.0 Å². The minimum atomic E-state index is -0.522. The molecule has 2 aromatic carbocycles. The molecular formula is C24H25FN6O3S. The second-order valence-corrected chi connectivity index (χ2v) is 8.98. The van der Waals surface area contributed by atoms with Gasteiger partial charge in [-0.1, -0.05) is 43.0 Å². The molecule has 0 unspecified atom stereocenters. The van der Waals surface area contributed by atoms with Crippen LogP contribution < -0.4 is 16.2 Å². The van der Waals surface area contributed by atoms with Crippen LogP contribution in [0.3, 0.4) is 0 Å². The molecule has 4 aromatic rings. The van der Waals surface area contributed by atoms with E-state index in [-0.39, 0.29) is 47.7 Å². The van der Waals surface area contributed by atoms with E-state index in [0.717, 1.165) is 18.2 Å². The quantitative estimate of drug-likeness (QED) is 0.344. The van der Waals surface area contributed by atoms with Crippen LogP contribution in [0.15, 0.2) is 58.5 Å². The molecule has 0 radical (unpaired) electrons. The molecule has 0 saturated carbocycles. The van der Waals surface area contributed by atoms with Crippen LogP contribution in [0, 0.1) is 5.82 Å². The number of anilines is 1. The average Bonchev–Trinajstić information content (AvgIpc) is 3.28. The number of rotatable bonds is 9. The van der Waals surface area contributed by atoms with Gasteiger partial charge in [0.1, 0.15) is 5.82 Å². The maximum Gasteiger partial charge on any atom is 0.262 e. The van der Waals surface area contributed by atoms with Crippen LogP contribution in [0.1, 0.15) is 26.7 Å². The molecule has 0 fully saturated rings. The highest BCUT2D eigenvalue weighted by Gasteiger charge is 2.18. The molecule has 0 spiro atoms. The predicted molar refractivity (Wildman–Crippen MR) is 133 cm³/mol. The molecule has 11 heteroatoms. The summed E-state index contributed by atoms with van der Waals surface area (Å²) >= 11 is 1.12. The molecule has 0 aliphatic heterocycles. The summed E-state index contributed by atoms with van der Waals surface area (Å²) in [6, 6.07) is 13.0. The number of thioether (sulfide) groups is 1. The molecule has 2 N–H and O–H groups in total. The molecule has 2 amide bonds. The fourth-order valence-electron chi connectivity index (χ4n) is 3.57. The van der Waals surface area contributed by atoms with Crippen LogP contribution in [-0.4, -0.2) is 42.8 Å². The number of para-hydroxylation sites is 2. The second kappa shape index (κ2) is 10.7. The van der Waals surface area contributed by atoms with E-state index in [1.165, 1.54) is 16.7 Å². The van der Waals surface area contributed by atoms with Gasteiger partial charge in [-0.25, -0.2) is 4.39 Å². The third-order valence-corrected chi connectivity index (χ3v) is 6.47. The fourth-order valence-corrected chi connectivity index (χ4v) is 4.31. The Labute approximate surface area is 204 Å². The first-order valence-corrected chi connectivity index (χ1v) is 12.2. The summed E-state index contributed by atoms with van der Waals surface area (Å²) < 4.78 is 17.0. The molecule has 2 heterocycles. The lowest BCUT2D eigenvalue weighted by Gasteiger charge is -2.13. The Morgan fingerprint density at radius 1 is 1.09 bits per heavy atom. The van der Waals surface area contributed by atoms with Crippen molar-refractivity contribution in [2.45, 2.75) is 44.4 Å². The molecule has 2 aromatic heterocycles. The molecule has 0 bridgehead atoms. The van der Waals surface area contributed by atoms with E-state index in [1.807, 2.05) is 13.8 Å². The standard InChI is InChI=1S/C24H25FN6O3S/c1-3-15(2)26-20(32)12-13-30-22(34)16-8-4-7-11-19(16)31-23(30)28-29-24(31)35-14-21(33)27-18-10-6-5-9-17(18)25/h4-11,15H,3,12-14H2,1-2H3,(H,26,32)(H,27,33)/t15-/m1/s1. The van der Waals surface area contributed by atoms with Crippen molar-refractivity contribution in [1.82, 2.24) is 24.5 Å². The normalized spacial score (nSPS) is 12.1. The zero-order valence-corrected chi connectivity index (χ0v) is 20.1. The van der Waals surface area contributed by atoms with Gasteiger partial charge in [0.15, 0.2) is 5.16 Å². The zero-order chi connectivity index (χ0) is 24.9. The summed E-state index contributed by atoms with van der Waals surface area (Å²) in [5.74, 6) is -0.847. The first kappa shape index (κ1) is 24.4. The number of nitrogens with zero attached hydrogens (tertiary/aromatic N) is 4. The number of aryl methyl sites for hydroxylation is 1. The van der Waals surface area contributed by atoms with Gasteiger partial charge in [0.25, 0.3) is 5.56 Å². The maximum atomic E-state index is 13.8. The Morgan fingerprint density at radius 2 is 1.83 bits per heavy atom. The van der Waals surface area contributed by atoms with Gasteiger partial charge in [-0.05, 0) is 37.6 Å². The smallest absolute Gasteiger partial charge is 0.262 e. The molecule has 35 heavy (non-hydrogen) atoms. The maximum absolute atomic E-state index is 13.8. The van der Waals surface area contributed by atoms with Crippen molar-refractivity contribution in [2.24, 2.45) is 0 Å². The van der Waals surface area contributed by atoms with E-state index in [1.54, 1.807) is 40.8 Å². The van der Waals surface area contributed by atoms with Crippen LogP contribution in [0.2, 0.25) is 0 Å². The van der Waals surface area contributed by atoms with Crippen molar-refractivity contribution in [3.63, 3.8) is 0 Å². The van der Waals surface area contributed by atoms with E-state index < -0.39 is 11.7 Å². The highest BCUT2D eigenvalue weighted by molar-refractivity contribution is 7.99. The first-order chi connectivity index (χ1) is 16.9. The third kappa shape index (κ3) is 5.35. The lowest BCUT2D eigenvalue weighted by molar-refractivity contribution is -0.122. The number of nitrogens with one attached hydrogen (secondary N) is 2. The Morgan fingerprint density at radius 3 is 2.60 bits per heavy atom. The van der Waals surface area contributed by atoms with E-state index >= 15 is 0 Å². The van der Waals surface area contributed by atoms with E-state index in [2.05, 4.69) is 20.8 Å². The van der Waals surface area contributed by atoms with Gasteiger partial charge in [-0.15, -0.1) is 10.2 Å². The summed E-state index contributed by atoms with van der Waals surface area (Å²) in [5, 5.41) is 14.7. The number of aromatic nitrogens is 4. The lowest BCUT2D eigenvalue weighted by Crippen LogP contribution is -2.33. The highest BCUT2D eigenvalue weighted by atomic mass is 32.2. The minimum Gasteiger partial charge on any atom is -0.354 e. The number of hydrogen-bond donors (Lipinski definition) is 2. The molecule has 9 nitrogen and oxygen atoms in total. The Balaban J connectivity index is 1.61. The van der Waals surface area contributed by atoms with Crippen molar-refractivity contribution in [3.8, 4) is 0 Å². The number of benzene rings is 2. The first-order valence-electron chi connectivity index (χ1n) is 11.2. The van der Waals surface area contributed by atoms with Gasteiger partial charge in [0.05, 0.1) is 22.3 Å². The van der Waals surface area contributed by atoms with Gasteiger partial charge in [-0.2, -0.15) is 0 Å². The van der Waals surface area contributed by atoms with Gasteiger partial charge in [0, 0.05) is 19.0 Å². The van der Waals surface area contributed by atoms with Gasteiger partial charge in [0.2, 0.25) is 17.6 Å². The monoisotopic (exact) mass is 496 g/mol. The van der Waals surface area contributed by atoms with E-state index in [4.69, 9.17) is 0 Å². The number of halogens is 1. The highest BCUT2D eigenvalue weighted by Crippen LogP contribution is 2.22. The van der Waals surface area contributed by atoms with Crippen molar-refractivity contribution >= 4 is 45.9 Å². The number of amides is 2. The summed E-state index contributed by atoms with van der Waals surface area (Å²) in [4.78, 5) is 37.9. The third-order valence-electron chi connectivity index (χ3n) is 5.54. The van der Waals surface area contributed by atoms with Crippen molar-refractivity contribution in [3.05, 3.63) is 64.7 Å². The van der Waals surface area contributed by atoms with Crippen molar-refractivity contribution in [1.29, 1.82) is 0 Å². The van der Waals surface area contributed by atoms with Crippen LogP contribution in [0.5, 0.6) is 0 Å². The predicted octanol–water partition coefficient (Wildman–Crippen LogP) is 3.22. The van der Waals surface area contributed by atoms with Gasteiger partial charge < -0.3 is 10.6 Å². The number of hydrogen-bond acceptors (Lipinski definition) is 6. The molecule has 1 atom stereocenters. The largest absolute Gasteiger partial charge is 0.354 e. The Kier molecular flexibility index (Phi) is 7.45. The lowest BCUT2D eigenvalue weighted by atomic mass is 10.2. The summed E-state index contributed by atoms with van der Waals surface area (Å²) in [6.45, 7) is 4.03. The van der Waals surface area contributed by atoms with Crippen LogP contribution >= 0.6 is 11.8 Å². The summed E-state index contributed by atoms with van der Waals surface area (Å²) in [7, 11) is 0. The topological polar surface area (TPSA) is 110 Å². The molecule has 0 aliphatic rings. The summed E-state index contributed by atoms with van der Waals surface area (Å²) in [5.41, 5.74) is 0.416. The number of fused-ring (bicyclic) bond motifs is 3. The van der Waals surface area contributed by atoms with E-state index in [0.29, 0.717) is 16.1 Å². The number of carbonyl (C=O) groups excluding carboxylic acids is 2. The van der Waals surface area contributed by atoms with E-state index in [9.17, 15) is 18.8 Å². The van der Waals surface area contributed by atoms with Gasteiger partial charge in [-0.3, -0.25) is 23.4 Å². The molecule has 0 saturated heterocycles. The molecule has 182 valence electrons. The fraction of sp³-hybridized carbons (Fsp3) is 0.292. The summed E-state index contributed by atoms with van der Waals surface area (Å²) in [6.07, 6.45) is 0.916. The SMILES string of the molecule is CC[C@@H](C)NC(=O)CCn1c(=O)c2ccccc2n2c(SCC(=O)Nc3ccccc3F)nnc12. The Hall–Kier alpha value is -3.73.